The summed E-state index contributed by atoms with van der Waals surface area (Å²) in [5, 5.41) is 13.1. The van der Waals surface area contributed by atoms with E-state index in [-0.39, 0.29) is 12.0 Å². The van der Waals surface area contributed by atoms with Gasteiger partial charge in [0.05, 0.1) is 12.7 Å². The zero-order valence-corrected chi connectivity index (χ0v) is 13.6. The van der Waals surface area contributed by atoms with E-state index in [4.69, 9.17) is 4.74 Å². The van der Waals surface area contributed by atoms with E-state index < -0.39 is 11.5 Å². The molecule has 3 unspecified atom stereocenters. The monoisotopic (exact) mass is 297 g/mol. The molecule has 21 heavy (non-hydrogen) atoms. The second-order valence-corrected chi connectivity index (χ2v) is 6.78. The van der Waals surface area contributed by atoms with Crippen LogP contribution >= 0.6 is 0 Å². The number of hydrogen-bond acceptors (Lipinski definition) is 3. The minimum atomic E-state index is -0.855. The summed E-state index contributed by atoms with van der Waals surface area (Å²) in [7, 11) is 0. The lowest BCUT2D eigenvalue weighted by Gasteiger charge is -2.36. The third-order valence-electron chi connectivity index (χ3n) is 5.24. The molecule has 0 saturated heterocycles. The number of hydrogen-bond donors (Lipinski definition) is 2. The largest absolute Gasteiger partial charge is 0.480 e. The zero-order valence-electron chi connectivity index (χ0n) is 13.6. The topological polar surface area (TPSA) is 58.6 Å². The van der Waals surface area contributed by atoms with Crippen LogP contribution in [0.25, 0.3) is 0 Å². The van der Waals surface area contributed by atoms with Crippen LogP contribution in [0.5, 0.6) is 0 Å². The van der Waals surface area contributed by atoms with Gasteiger partial charge in [0, 0.05) is 0 Å². The van der Waals surface area contributed by atoms with Crippen molar-refractivity contribution >= 4 is 5.97 Å². The average molecular weight is 297 g/mol. The molecule has 122 valence electrons. The number of carbonyl (C=O) groups is 1. The molecule has 0 bridgehead atoms. The van der Waals surface area contributed by atoms with Gasteiger partial charge in [0.2, 0.25) is 0 Å². The van der Waals surface area contributed by atoms with Gasteiger partial charge in [-0.1, -0.05) is 33.1 Å². The molecule has 3 atom stereocenters. The highest BCUT2D eigenvalue weighted by Gasteiger charge is 2.51. The molecule has 4 heteroatoms. The van der Waals surface area contributed by atoms with E-state index in [9.17, 15) is 9.90 Å². The van der Waals surface area contributed by atoms with Crippen molar-refractivity contribution in [2.45, 2.75) is 76.9 Å². The van der Waals surface area contributed by atoms with Gasteiger partial charge in [-0.2, -0.15) is 0 Å². The Morgan fingerprint density at radius 1 is 1.24 bits per heavy atom. The predicted octanol–water partition coefficient (Wildman–Crippen LogP) is 3.20. The summed E-state index contributed by atoms with van der Waals surface area (Å²) in [4.78, 5) is 11.9. The summed E-state index contributed by atoms with van der Waals surface area (Å²) in [6.45, 7) is 5.36. The molecule has 0 heterocycles. The first-order valence-corrected chi connectivity index (χ1v) is 8.74. The lowest BCUT2D eigenvalue weighted by molar-refractivity contribution is -0.152. The second kappa shape index (κ2) is 7.59. The first-order valence-electron chi connectivity index (χ1n) is 8.74. The van der Waals surface area contributed by atoms with Crippen LogP contribution in [0.3, 0.4) is 0 Å². The molecule has 0 amide bonds. The van der Waals surface area contributed by atoms with Gasteiger partial charge in [-0.15, -0.1) is 0 Å². The van der Waals surface area contributed by atoms with Crippen molar-refractivity contribution in [2.24, 2.45) is 11.8 Å². The summed E-state index contributed by atoms with van der Waals surface area (Å²) in [5.41, 5.74) is -0.855. The Bertz CT molecular complexity index is 343. The highest BCUT2D eigenvalue weighted by Crippen LogP contribution is 2.41. The maximum absolute atomic E-state index is 11.9. The van der Waals surface area contributed by atoms with Crippen molar-refractivity contribution in [3.05, 3.63) is 0 Å². The minimum absolute atomic E-state index is 0.241. The number of carboxylic acid groups (broad SMARTS) is 1. The Hall–Kier alpha value is -0.610. The lowest BCUT2D eigenvalue weighted by atomic mass is 9.84. The Kier molecular flexibility index (Phi) is 6.06. The molecule has 0 radical (unpaired) electrons. The molecule has 4 nitrogen and oxygen atoms in total. The molecule has 0 aromatic rings. The molecular weight excluding hydrogens is 266 g/mol. The lowest BCUT2D eigenvalue weighted by Crippen LogP contribution is -2.58. The van der Waals surface area contributed by atoms with Gasteiger partial charge in [0.25, 0.3) is 0 Å². The number of ether oxygens (including phenoxy) is 1. The normalized spacial score (nSPS) is 29.0. The Morgan fingerprint density at radius 2 is 1.95 bits per heavy atom. The second-order valence-electron chi connectivity index (χ2n) is 6.78. The number of aliphatic carboxylic acids is 1. The Labute approximate surface area is 128 Å². The SMILES string of the molecule is CCCNC(COC1CCCCC1CC)(C(=O)O)C1CC1. The molecule has 2 aliphatic carbocycles. The van der Waals surface area contributed by atoms with Gasteiger partial charge in [-0.05, 0) is 50.5 Å². The van der Waals surface area contributed by atoms with E-state index in [2.05, 4.69) is 19.2 Å². The molecule has 0 aliphatic heterocycles. The predicted molar refractivity (Wildman–Crippen MR) is 83.4 cm³/mol. The van der Waals surface area contributed by atoms with E-state index in [1.165, 1.54) is 19.3 Å². The molecule has 2 saturated carbocycles. The van der Waals surface area contributed by atoms with Crippen LogP contribution in [0.15, 0.2) is 0 Å². The summed E-state index contributed by atoms with van der Waals surface area (Å²) < 4.78 is 6.17. The minimum Gasteiger partial charge on any atom is -0.480 e. The van der Waals surface area contributed by atoms with Gasteiger partial charge < -0.3 is 9.84 Å². The maximum atomic E-state index is 11.9. The van der Waals surface area contributed by atoms with Crippen LogP contribution in [-0.2, 0) is 9.53 Å². The molecule has 0 spiro atoms. The van der Waals surface area contributed by atoms with Gasteiger partial charge in [-0.25, -0.2) is 0 Å². The van der Waals surface area contributed by atoms with Gasteiger partial charge in [0.15, 0.2) is 0 Å². The standard InChI is InChI=1S/C17H31NO3/c1-3-11-18-17(16(19)20,14-9-10-14)12-21-15-8-6-5-7-13(15)4-2/h13-15,18H,3-12H2,1-2H3,(H,19,20). The van der Waals surface area contributed by atoms with E-state index in [0.29, 0.717) is 12.5 Å². The van der Waals surface area contributed by atoms with Crippen LogP contribution in [-0.4, -0.2) is 35.9 Å². The van der Waals surface area contributed by atoms with Crippen LogP contribution in [0.1, 0.15) is 65.2 Å². The van der Waals surface area contributed by atoms with Crippen molar-refractivity contribution < 1.29 is 14.6 Å². The van der Waals surface area contributed by atoms with Crippen LogP contribution in [0.4, 0.5) is 0 Å². The molecule has 0 aromatic heterocycles. The van der Waals surface area contributed by atoms with Crippen molar-refractivity contribution in [3.63, 3.8) is 0 Å². The molecule has 2 N–H and O–H groups in total. The zero-order chi connectivity index (χ0) is 15.3. The molecule has 2 fully saturated rings. The van der Waals surface area contributed by atoms with Crippen LogP contribution in [0, 0.1) is 11.8 Å². The van der Waals surface area contributed by atoms with E-state index in [1.807, 2.05) is 0 Å². The van der Waals surface area contributed by atoms with Crippen LogP contribution in [0.2, 0.25) is 0 Å². The summed E-state index contributed by atoms with van der Waals surface area (Å²) >= 11 is 0. The Balaban J connectivity index is 1.99. The van der Waals surface area contributed by atoms with Crippen molar-refractivity contribution in [1.29, 1.82) is 0 Å². The molecule has 0 aromatic carbocycles. The highest BCUT2D eigenvalue weighted by molar-refractivity contribution is 5.80. The number of nitrogens with one attached hydrogen (secondary N) is 1. The fraction of sp³-hybridized carbons (Fsp3) is 0.941. The van der Waals surface area contributed by atoms with Crippen molar-refractivity contribution in [2.75, 3.05) is 13.2 Å². The van der Waals surface area contributed by atoms with Crippen molar-refractivity contribution in [1.82, 2.24) is 5.32 Å². The molecule has 2 rings (SSSR count). The summed E-state index contributed by atoms with van der Waals surface area (Å²) in [6, 6.07) is 0. The first kappa shape index (κ1) is 16.8. The number of rotatable bonds is 9. The highest BCUT2D eigenvalue weighted by atomic mass is 16.5. The van der Waals surface area contributed by atoms with Gasteiger partial charge in [0.1, 0.15) is 5.54 Å². The first-order chi connectivity index (χ1) is 10.1. The third-order valence-corrected chi connectivity index (χ3v) is 5.24. The summed E-state index contributed by atoms with van der Waals surface area (Å²) in [6.07, 6.45) is 9.18. The quantitative estimate of drug-likeness (QED) is 0.686. The molecular formula is C17H31NO3. The average Bonchev–Trinajstić information content (AvgIpc) is 3.33. The third kappa shape index (κ3) is 3.98. The Morgan fingerprint density at radius 3 is 2.52 bits per heavy atom. The van der Waals surface area contributed by atoms with E-state index in [0.717, 1.165) is 38.6 Å². The van der Waals surface area contributed by atoms with Crippen molar-refractivity contribution in [3.8, 4) is 0 Å². The maximum Gasteiger partial charge on any atom is 0.326 e. The van der Waals surface area contributed by atoms with E-state index >= 15 is 0 Å². The van der Waals surface area contributed by atoms with Gasteiger partial charge in [-0.3, -0.25) is 10.1 Å². The van der Waals surface area contributed by atoms with Crippen LogP contribution < -0.4 is 5.32 Å². The number of carboxylic acids is 1. The van der Waals surface area contributed by atoms with E-state index in [1.54, 1.807) is 0 Å². The fourth-order valence-corrected chi connectivity index (χ4v) is 3.65. The summed E-state index contributed by atoms with van der Waals surface area (Å²) in [5.74, 6) is 0.114. The van der Waals surface area contributed by atoms with Gasteiger partial charge >= 0.3 is 5.97 Å². The smallest absolute Gasteiger partial charge is 0.326 e. The molecule has 2 aliphatic rings. The fourth-order valence-electron chi connectivity index (χ4n) is 3.65.